The Labute approximate surface area is 159 Å². The number of amides is 2. The summed E-state index contributed by atoms with van der Waals surface area (Å²) in [5.41, 5.74) is 8.15. The number of carbonyl (C=O) groups excluding carboxylic acids is 2. The maximum Gasteiger partial charge on any atom is 0.259 e. The molecule has 1 aromatic heterocycles. The van der Waals surface area contributed by atoms with Crippen LogP contribution in [0.15, 0.2) is 42.6 Å². The number of piperidine rings is 1. The van der Waals surface area contributed by atoms with Crippen molar-refractivity contribution in [2.75, 3.05) is 29.4 Å². The Morgan fingerprint density at radius 3 is 2.78 bits per heavy atom. The number of hydrogen-bond donors (Lipinski definition) is 1. The zero-order valence-electron chi connectivity index (χ0n) is 15.3. The summed E-state index contributed by atoms with van der Waals surface area (Å²) in [5, 5.41) is 0. The van der Waals surface area contributed by atoms with Gasteiger partial charge < -0.3 is 15.5 Å². The second-order valence-corrected chi connectivity index (χ2v) is 7.37. The predicted octanol–water partition coefficient (Wildman–Crippen LogP) is 2.38. The largest absolute Gasteiger partial charge is 0.370 e. The van der Waals surface area contributed by atoms with Gasteiger partial charge in [0.25, 0.3) is 5.91 Å². The number of anilines is 2. The quantitative estimate of drug-likeness (QED) is 0.903. The molecule has 6 heteroatoms. The number of para-hydroxylation sites is 1. The number of benzene rings is 1. The number of rotatable bonds is 4. The van der Waals surface area contributed by atoms with Crippen LogP contribution in [-0.4, -0.2) is 36.4 Å². The highest BCUT2D eigenvalue weighted by atomic mass is 16.2. The molecule has 1 atom stereocenters. The zero-order valence-corrected chi connectivity index (χ0v) is 15.3. The van der Waals surface area contributed by atoms with Gasteiger partial charge in [0.15, 0.2) is 0 Å². The second-order valence-electron chi connectivity index (χ2n) is 7.37. The fourth-order valence-electron chi connectivity index (χ4n) is 4.13. The Kier molecular flexibility index (Phi) is 4.79. The van der Waals surface area contributed by atoms with Crippen molar-refractivity contribution in [2.24, 2.45) is 11.7 Å². The van der Waals surface area contributed by atoms with Crippen LogP contribution in [0.1, 0.15) is 35.2 Å². The molecule has 1 aromatic carbocycles. The summed E-state index contributed by atoms with van der Waals surface area (Å²) in [4.78, 5) is 32.6. The molecule has 2 aromatic rings. The van der Waals surface area contributed by atoms with E-state index in [0.29, 0.717) is 18.5 Å². The highest BCUT2D eigenvalue weighted by molar-refractivity contribution is 6.07. The molecular formula is C21H24N4O2. The number of pyridine rings is 1. The number of primary amides is 1. The summed E-state index contributed by atoms with van der Waals surface area (Å²) in [6.07, 6.45) is 5.01. The predicted molar refractivity (Wildman–Crippen MR) is 105 cm³/mol. The Hall–Kier alpha value is -2.89. The average Bonchev–Trinajstić information content (AvgIpc) is 3.11. The molecule has 1 unspecified atom stereocenters. The molecule has 2 aliphatic rings. The molecule has 1 saturated heterocycles. The molecule has 0 aliphatic carbocycles. The van der Waals surface area contributed by atoms with E-state index in [1.165, 1.54) is 5.56 Å². The highest BCUT2D eigenvalue weighted by Crippen LogP contribution is 2.29. The summed E-state index contributed by atoms with van der Waals surface area (Å²) in [5.74, 6) is 0.869. The molecule has 1 fully saturated rings. The lowest BCUT2D eigenvalue weighted by atomic mass is 9.94. The van der Waals surface area contributed by atoms with Crippen molar-refractivity contribution in [3.05, 3.63) is 53.7 Å². The van der Waals surface area contributed by atoms with Gasteiger partial charge in [0.1, 0.15) is 5.82 Å². The van der Waals surface area contributed by atoms with Crippen molar-refractivity contribution in [3.63, 3.8) is 0 Å². The van der Waals surface area contributed by atoms with Crippen LogP contribution < -0.4 is 15.5 Å². The molecule has 4 rings (SSSR count). The first-order chi connectivity index (χ1) is 13.1. The number of nitrogens with two attached hydrogens (primary N) is 1. The van der Waals surface area contributed by atoms with Gasteiger partial charge in [0, 0.05) is 37.9 Å². The molecule has 2 amide bonds. The first-order valence-electron chi connectivity index (χ1n) is 9.51. The smallest absolute Gasteiger partial charge is 0.259 e. The number of aromatic nitrogens is 1. The standard InChI is InChI=1S/C21H24N4O2/c22-19(26)12-15-4-3-10-24(14-15)20-8-7-17(13-23-20)21(27)25-11-9-16-5-1-2-6-18(16)25/h1-2,5-8,13,15H,3-4,9-12,14H2,(H2,22,26). The summed E-state index contributed by atoms with van der Waals surface area (Å²) in [6, 6.07) is 11.8. The van der Waals surface area contributed by atoms with Gasteiger partial charge in [-0.1, -0.05) is 18.2 Å². The van der Waals surface area contributed by atoms with Crippen LogP contribution in [0.2, 0.25) is 0 Å². The van der Waals surface area contributed by atoms with Crippen LogP contribution in [0.3, 0.4) is 0 Å². The topological polar surface area (TPSA) is 79.5 Å². The molecule has 0 spiro atoms. The number of carbonyl (C=O) groups is 2. The van der Waals surface area contributed by atoms with E-state index in [1.807, 2.05) is 35.2 Å². The van der Waals surface area contributed by atoms with Gasteiger partial charge in [-0.2, -0.15) is 0 Å². The fraction of sp³-hybridized carbons (Fsp3) is 0.381. The Morgan fingerprint density at radius 1 is 1.15 bits per heavy atom. The third-order valence-electron chi connectivity index (χ3n) is 5.46. The average molecular weight is 364 g/mol. The van der Waals surface area contributed by atoms with E-state index >= 15 is 0 Å². The van der Waals surface area contributed by atoms with E-state index in [2.05, 4.69) is 16.0 Å². The first kappa shape index (κ1) is 17.5. The van der Waals surface area contributed by atoms with Gasteiger partial charge in [0.2, 0.25) is 5.91 Å². The van der Waals surface area contributed by atoms with Gasteiger partial charge in [-0.3, -0.25) is 9.59 Å². The lowest BCUT2D eigenvalue weighted by Crippen LogP contribution is -2.37. The minimum atomic E-state index is -0.248. The van der Waals surface area contributed by atoms with Crippen LogP contribution in [0.5, 0.6) is 0 Å². The van der Waals surface area contributed by atoms with Crippen LogP contribution >= 0.6 is 0 Å². The fourth-order valence-corrected chi connectivity index (χ4v) is 4.13. The molecule has 0 bridgehead atoms. The SMILES string of the molecule is NC(=O)CC1CCCN(c2ccc(C(=O)N3CCc4ccccc43)cn2)C1. The summed E-state index contributed by atoms with van der Waals surface area (Å²) >= 11 is 0. The molecule has 2 N–H and O–H groups in total. The van der Waals surface area contributed by atoms with Crippen LogP contribution in [0, 0.1) is 5.92 Å². The van der Waals surface area contributed by atoms with Gasteiger partial charge in [-0.15, -0.1) is 0 Å². The van der Waals surface area contributed by atoms with E-state index in [0.717, 1.165) is 43.9 Å². The van der Waals surface area contributed by atoms with Crippen molar-refractivity contribution in [1.29, 1.82) is 0 Å². The minimum absolute atomic E-state index is 0.00995. The Morgan fingerprint density at radius 2 is 2.00 bits per heavy atom. The maximum atomic E-state index is 12.9. The van der Waals surface area contributed by atoms with E-state index in [4.69, 9.17) is 5.73 Å². The molecule has 0 saturated carbocycles. The Bertz CT molecular complexity index is 850. The van der Waals surface area contributed by atoms with Crippen molar-refractivity contribution in [2.45, 2.75) is 25.7 Å². The third-order valence-corrected chi connectivity index (χ3v) is 5.46. The second kappa shape index (κ2) is 7.39. The van der Waals surface area contributed by atoms with Gasteiger partial charge in [-0.25, -0.2) is 4.98 Å². The van der Waals surface area contributed by atoms with Crippen LogP contribution in [-0.2, 0) is 11.2 Å². The minimum Gasteiger partial charge on any atom is -0.370 e. The lowest BCUT2D eigenvalue weighted by molar-refractivity contribution is -0.118. The van der Waals surface area contributed by atoms with Crippen molar-refractivity contribution < 1.29 is 9.59 Å². The number of hydrogen-bond acceptors (Lipinski definition) is 4. The van der Waals surface area contributed by atoms with Crippen molar-refractivity contribution in [3.8, 4) is 0 Å². The van der Waals surface area contributed by atoms with E-state index in [1.54, 1.807) is 6.20 Å². The normalized spacial score (nSPS) is 19.0. The molecule has 2 aliphatic heterocycles. The Balaban J connectivity index is 1.46. The van der Waals surface area contributed by atoms with Gasteiger partial charge >= 0.3 is 0 Å². The highest BCUT2D eigenvalue weighted by Gasteiger charge is 2.26. The molecule has 0 radical (unpaired) electrons. The van der Waals surface area contributed by atoms with Crippen LogP contribution in [0.25, 0.3) is 0 Å². The molecule has 6 nitrogen and oxygen atoms in total. The third kappa shape index (κ3) is 3.65. The van der Waals surface area contributed by atoms with Crippen molar-refractivity contribution >= 4 is 23.3 Å². The molecule has 3 heterocycles. The monoisotopic (exact) mass is 364 g/mol. The lowest BCUT2D eigenvalue weighted by Gasteiger charge is -2.33. The summed E-state index contributed by atoms with van der Waals surface area (Å²) in [7, 11) is 0. The maximum absolute atomic E-state index is 12.9. The van der Waals surface area contributed by atoms with E-state index in [-0.39, 0.29) is 17.7 Å². The number of fused-ring (bicyclic) bond motifs is 1. The number of nitrogens with zero attached hydrogens (tertiary/aromatic N) is 3. The zero-order chi connectivity index (χ0) is 18.8. The van der Waals surface area contributed by atoms with E-state index < -0.39 is 0 Å². The van der Waals surface area contributed by atoms with Gasteiger partial charge in [0.05, 0.1) is 5.56 Å². The summed E-state index contributed by atoms with van der Waals surface area (Å²) in [6.45, 7) is 2.40. The first-order valence-corrected chi connectivity index (χ1v) is 9.51. The summed E-state index contributed by atoms with van der Waals surface area (Å²) < 4.78 is 0. The molecule has 27 heavy (non-hydrogen) atoms. The van der Waals surface area contributed by atoms with Crippen molar-refractivity contribution in [1.82, 2.24) is 4.98 Å². The molecular weight excluding hydrogens is 340 g/mol. The van der Waals surface area contributed by atoms with Crippen LogP contribution in [0.4, 0.5) is 11.5 Å². The van der Waals surface area contributed by atoms with E-state index in [9.17, 15) is 9.59 Å². The van der Waals surface area contributed by atoms with Gasteiger partial charge in [-0.05, 0) is 48.9 Å². The molecule has 140 valence electrons.